The topological polar surface area (TPSA) is 22.9 Å². The summed E-state index contributed by atoms with van der Waals surface area (Å²) in [6.45, 7) is 37.2. The van der Waals surface area contributed by atoms with Crippen LogP contribution in [0.3, 0.4) is 0 Å². The van der Waals surface area contributed by atoms with E-state index in [9.17, 15) is 0 Å². The maximum absolute atomic E-state index is 7.85. The third kappa shape index (κ3) is 6.63. The van der Waals surface area contributed by atoms with Gasteiger partial charge in [-0.15, -0.1) is 0 Å². The summed E-state index contributed by atoms with van der Waals surface area (Å²) in [7, 11) is 0. The van der Waals surface area contributed by atoms with E-state index in [2.05, 4.69) is 222 Å². The molecule has 406 valence electrons. The SMILES string of the molecule is CC(C)(C)c1ccc2c(c1)N(c1ccc3c(c1)C(C)(C)CCC3(C)C)c1cc(N3c4ccccc4C4(C)CCCCC34C)cc3c1B2c1c(oc2cc4c(cc12)C1(C)CCC4(C)CC1)N3c1ccc2c(c1)C(C)(C)CCC2(C)C. The van der Waals surface area contributed by atoms with Gasteiger partial charge in [-0.2, -0.15) is 0 Å². The van der Waals surface area contributed by atoms with Crippen LogP contribution in [0, 0.1) is 0 Å². The van der Waals surface area contributed by atoms with E-state index in [1.54, 1.807) is 5.56 Å². The number of furan rings is 1. The van der Waals surface area contributed by atoms with E-state index in [-0.39, 0.29) is 55.6 Å². The molecule has 2 fully saturated rings. The summed E-state index contributed by atoms with van der Waals surface area (Å²) < 4.78 is 7.85. The first-order chi connectivity index (χ1) is 37.2. The van der Waals surface area contributed by atoms with Crippen molar-refractivity contribution in [1.82, 2.24) is 0 Å². The maximum atomic E-state index is 7.85. The van der Waals surface area contributed by atoms with Gasteiger partial charge >= 0.3 is 0 Å². The predicted molar refractivity (Wildman–Crippen MR) is 335 cm³/mol. The third-order valence-corrected chi connectivity index (χ3v) is 23.9. The Morgan fingerprint density at radius 1 is 0.430 bits per heavy atom. The second-order valence-corrected chi connectivity index (χ2v) is 31.5. The van der Waals surface area contributed by atoms with Gasteiger partial charge in [0.05, 0.1) is 5.54 Å². The van der Waals surface area contributed by atoms with Crippen molar-refractivity contribution in [2.24, 2.45) is 0 Å². The van der Waals surface area contributed by atoms with Crippen molar-refractivity contribution < 1.29 is 4.42 Å². The monoisotopic (exact) mass is 1040 g/mol. The highest BCUT2D eigenvalue weighted by Gasteiger charge is 2.59. The van der Waals surface area contributed by atoms with Crippen LogP contribution in [-0.4, -0.2) is 12.3 Å². The molecule has 7 aromatic rings. The fourth-order valence-electron chi connectivity index (χ4n) is 18.1. The number of anilines is 8. The molecule has 0 N–H and O–H groups in total. The molecule has 2 saturated carbocycles. The molecule has 1 aromatic heterocycles. The molecule has 0 radical (unpaired) electrons. The molecule has 6 aromatic carbocycles. The summed E-state index contributed by atoms with van der Waals surface area (Å²) in [5.74, 6) is 0.987. The number of hydrogen-bond acceptors (Lipinski definition) is 4. The number of nitrogens with zero attached hydrogens (tertiary/aromatic N) is 3. The quantitative estimate of drug-likeness (QED) is 0.165. The molecule has 2 unspecified atom stereocenters. The van der Waals surface area contributed by atoms with Gasteiger partial charge < -0.3 is 14.2 Å². The van der Waals surface area contributed by atoms with Gasteiger partial charge in [0.1, 0.15) is 5.58 Å². The van der Waals surface area contributed by atoms with E-state index >= 15 is 0 Å². The van der Waals surface area contributed by atoms with E-state index in [0.29, 0.717) is 0 Å². The van der Waals surface area contributed by atoms with Gasteiger partial charge in [0.25, 0.3) is 6.71 Å². The Kier molecular flexibility index (Phi) is 9.96. The Bertz CT molecular complexity index is 3790. The zero-order valence-corrected chi connectivity index (χ0v) is 50.6. The number of para-hydroxylation sites is 1. The van der Waals surface area contributed by atoms with Crippen LogP contribution in [0.4, 0.5) is 45.7 Å². The van der Waals surface area contributed by atoms with E-state index < -0.39 is 0 Å². The van der Waals surface area contributed by atoms with Crippen molar-refractivity contribution in [3.05, 3.63) is 148 Å². The molecular weight excluding hydrogens is 958 g/mol. The molecule has 4 heterocycles. The van der Waals surface area contributed by atoms with E-state index in [0.717, 1.165) is 24.3 Å². The predicted octanol–water partition coefficient (Wildman–Crippen LogP) is 18.4. The lowest BCUT2D eigenvalue weighted by molar-refractivity contribution is 0.188. The van der Waals surface area contributed by atoms with Gasteiger partial charge in [-0.05, 0) is 225 Å². The van der Waals surface area contributed by atoms with Crippen LogP contribution in [0.1, 0.15) is 225 Å². The summed E-state index contributed by atoms with van der Waals surface area (Å²) in [6, 6.07) is 42.8. The second-order valence-electron chi connectivity index (χ2n) is 31.5. The van der Waals surface area contributed by atoms with Crippen molar-refractivity contribution >= 4 is 79.8 Å². The largest absolute Gasteiger partial charge is 0.440 e. The molecule has 0 saturated heterocycles. The van der Waals surface area contributed by atoms with E-state index in [4.69, 9.17) is 4.42 Å². The van der Waals surface area contributed by atoms with Crippen LogP contribution >= 0.6 is 0 Å². The van der Waals surface area contributed by atoms with E-state index in [1.165, 1.54) is 165 Å². The van der Waals surface area contributed by atoms with Gasteiger partial charge in [0, 0.05) is 56.1 Å². The molecule has 5 heteroatoms. The minimum Gasteiger partial charge on any atom is -0.440 e. The van der Waals surface area contributed by atoms with Crippen LogP contribution in [0.2, 0.25) is 0 Å². The van der Waals surface area contributed by atoms with Crippen LogP contribution in [0.5, 0.6) is 0 Å². The third-order valence-electron chi connectivity index (χ3n) is 23.9. The highest BCUT2D eigenvalue weighted by Crippen LogP contribution is 2.63. The Labute approximate surface area is 473 Å². The first-order valence-electron chi connectivity index (χ1n) is 30.9. The smallest absolute Gasteiger partial charge is 0.257 e. The highest BCUT2D eigenvalue weighted by molar-refractivity contribution is 7.01. The van der Waals surface area contributed by atoms with Crippen LogP contribution in [0.15, 0.2) is 108 Å². The molecule has 79 heavy (non-hydrogen) atoms. The highest BCUT2D eigenvalue weighted by atomic mass is 16.4. The summed E-state index contributed by atoms with van der Waals surface area (Å²) in [6.07, 6.45) is 14.5. The van der Waals surface area contributed by atoms with Crippen LogP contribution in [-0.2, 0) is 43.3 Å². The molecule has 0 amide bonds. The van der Waals surface area contributed by atoms with Gasteiger partial charge in [-0.25, -0.2) is 0 Å². The molecule has 9 aliphatic rings. The van der Waals surface area contributed by atoms with Crippen molar-refractivity contribution in [2.75, 3.05) is 14.7 Å². The maximum Gasteiger partial charge on any atom is 0.257 e. The lowest BCUT2D eigenvalue weighted by Crippen LogP contribution is -2.61. The number of fused-ring (bicyclic) bond motifs is 13. The fraction of sp³-hybridized carbons (Fsp3) is 0.486. The summed E-state index contributed by atoms with van der Waals surface area (Å²) in [4.78, 5) is 8.22. The van der Waals surface area contributed by atoms with Gasteiger partial charge in [-0.1, -0.05) is 152 Å². The normalized spacial score (nSPS) is 27.8. The first kappa shape index (κ1) is 50.3. The second kappa shape index (κ2) is 15.7. The molecule has 6 aliphatic carbocycles. The zero-order valence-electron chi connectivity index (χ0n) is 50.6. The summed E-state index contributed by atoms with van der Waals surface area (Å²) in [5.41, 5.74) is 26.2. The Morgan fingerprint density at radius 2 is 0.975 bits per heavy atom. The molecule has 2 bridgehead atoms. The lowest BCUT2D eigenvalue weighted by Gasteiger charge is -2.52. The summed E-state index contributed by atoms with van der Waals surface area (Å²) in [5, 5.41) is 1.29. The Hall–Kier alpha value is -5.68. The van der Waals surface area contributed by atoms with Crippen LogP contribution < -0.4 is 31.1 Å². The van der Waals surface area contributed by atoms with Gasteiger partial charge in [-0.3, -0.25) is 4.90 Å². The molecule has 16 rings (SSSR count). The summed E-state index contributed by atoms with van der Waals surface area (Å²) >= 11 is 0. The van der Waals surface area contributed by atoms with Crippen molar-refractivity contribution in [1.29, 1.82) is 0 Å². The first-order valence-corrected chi connectivity index (χ1v) is 30.9. The lowest BCUT2D eigenvalue weighted by atomic mass is 9.33. The van der Waals surface area contributed by atoms with Crippen molar-refractivity contribution in [3.63, 3.8) is 0 Å². The van der Waals surface area contributed by atoms with Crippen molar-refractivity contribution in [3.8, 4) is 0 Å². The number of hydrogen-bond donors (Lipinski definition) is 0. The Morgan fingerprint density at radius 3 is 1.58 bits per heavy atom. The van der Waals surface area contributed by atoms with Gasteiger partial charge in [0.15, 0.2) is 0 Å². The van der Waals surface area contributed by atoms with Crippen molar-refractivity contribution in [2.45, 2.75) is 230 Å². The minimum absolute atomic E-state index is 0.00340. The average Bonchev–Trinajstić information content (AvgIpc) is 2.54. The molecule has 2 atom stereocenters. The van der Waals surface area contributed by atoms with Crippen LogP contribution in [0.25, 0.3) is 11.0 Å². The zero-order chi connectivity index (χ0) is 55.1. The molecular formula is C74H86BN3O. The number of benzene rings is 6. The fourth-order valence-corrected chi connectivity index (χ4v) is 18.1. The minimum atomic E-state index is -0.135. The number of rotatable bonds is 3. The average molecular weight is 1040 g/mol. The van der Waals surface area contributed by atoms with E-state index in [1.807, 2.05) is 0 Å². The standard InChI is InChI=1S/C74H86BN3O/c1-66(2,3)45-22-27-57-59(38-45)76(46-23-25-50-53(39-46)69(8,9)32-30-67(50,4)5)60-41-48(78-58-21-17-16-20-52(58)73(14)28-18-19-29-74(73,78)15)42-61-64(60)75(57)63-49-43-55-56(72(13)36-34-71(55,12)35-37-72)44-62(49)79-65(63)77(61)47-24-26-51-54(40-47)70(10,11)33-31-68(51,6)7/h16-17,20-27,38-44H,18-19,28-37H2,1-15H3. The van der Waals surface area contributed by atoms with Gasteiger partial charge in [0.2, 0.25) is 5.88 Å². The molecule has 4 nitrogen and oxygen atoms in total. The molecule has 0 spiro atoms. The Balaban J connectivity index is 1.10. The molecule has 3 aliphatic heterocycles.